The van der Waals surface area contributed by atoms with Gasteiger partial charge in [-0.25, -0.2) is 0 Å². The first-order valence-electron chi connectivity index (χ1n) is 5.23. The molecule has 0 aromatic carbocycles. The van der Waals surface area contributed by atoms with Gasteiger partial charge in [-0.2, -0.15) is 0 Å². The van der Waals surface area contributed by atoms with E-state index < -0.39 is 0 Å². The van der Waals surface area contributed by atoms with Gasteiger partial charge in [0.1, 0.15) is 0 Å². The molecule has 0 saturated carbocycles. The molecule has 0 spiro atoms. The van der Waals surface area contributed by atoms with Crippen LogP contribution >= 0.6 is 0 Å². The topological polar surface area (TPSA) is 18.5 Å². The Labute approximate surface area is 82.6 Å². The maximum Gasteiger partial charge on any atom is 0.0598 e. The van der Waals surface area contributed by atoms with E-state index in [-0.39, 0.29) is 6.10 Å². The second-order valence-corrected chi connectivity index (χ2v) is 3.55. The fourth-order valence-electron chi connectivity index (χ4n) is 0.913. The molecular formula is C11H23O2. The minimum absolute atomic E-state index is 0.0882. The molecule has 0 fully saturated rings. The zero-order chi connectivity index (χ0) is 10.1. The minimum Gasteiger partial charge on any atom is -0.379 e. The lowest BCUT2D eigenvalue weighted by Crippen LogP contribution is -2.14. The van der Waals surface area contributed by atoms with E-state index in [1.54, 1.807) is 0 Å². The third-order valence-electron chi connectivity index (χ3n) is 1.74. The molecule has 0 aliphatic heterocycles. The van der Waals surface area contributed by atoms with Gasteiger partial charge in [-0.1, -0.05) is 13.3 Å². The average Bonchev–Trinajstić information content (AvgIpc) is 2.04. The molecular weight excluding hydrogens is 164 g/mol. The van der Waals surface area contributed by atoms with E-state index in [4.69, 9.17) is 9.47 Å². The van der Waals surface area contributed by atoms with Crippen LogP contribution in [-0.4, -0.2) is 25.4 Å². The normalized spacial score (nSPS) is 13.6. The highest BCUT2D eigenvalue weighted by molar-refractivity contribution is 4.59. The summed E-state index contributed by atoms with van der Waals surface area (Å²) in [5.41, 5.74) is 0. The minimum atomic E-state index is 0.0882. The summed E-state index contributed by atoms with van der Waals surface area (Å²) in [4.78, 5) is 0. The van der Waals surface area contributed by atoms with Crippen molar-refractivity contribution in [2.24, 2.45) is 0 Å². The van der Waals surface area contributed by atoms with Crippen molar-refractivity contribution in [3.05, 3.63) is 6.92 Å². The van der Waals surface area contributed by atoms with Gasteiger partial charge in [0.15, 0.2) is 0 Å². The predicted octanol–water partition coefficient (Wildman–Crippen LogP) is 2.82. The van der Waals surface area contributed by atoms with Gasteiger partial charge < -0.3 is 9.47 Å². The fraction of sp³-hybridized carbons (Fsp3) is 0.909. The van der Waals surface area contributed by atoms with E-state index >= 15 is 0 Å². The Morgan fingerprint density at radius 3 is 2.38 bits per heavy atom. The van der Waals surface area contributed by atoms with Gasteiger partial charge in [0.2, 0.25) is 0 Å². The molecule has 0 aromatic rings. The van der Waals surface area contributed by atoms with E-state index in [9.17, 15) is 0 Å². The Morgan fingerprint density at radius 1 is 1.15 bits per heavy atom. The van der Waals surface area contributed by atoms with Crippen LogP contribution in [0.25, 0.3) is 0 Å². The van der Waals surface area contributed by atoms with Crippen molar-refractivity contribution in [3.63, 3.8) is 0 Å². The number of unbranched alkanes of at least 4 members (excludes halogenated alkanes) is 1. The van der Waals surface area contributed by atoms with Crippen molar-refractivity contribution in [3.8, 4) is 0 Å². The van der Waals surface area contributed by atoms with Crippen molar-refractivity contribution in [2.75, 3.05) is 13.2 Å². The lowest BCUT2D eigenvalue weighted by Gasteiger charge is -2.13. The van der Waals surface area contributed by atoms with E-state index in [0.717, 1.165) is 26.1 Å². The van der Waals surface area contributed by atoms with Gasteiger partial charge in [0.05, 0.1) is 12.2 Å². The van der Waals surface area contributed by atoms with E-state index in [2.05, 4.69) is 13.8 Å². The molecule has 2 nitrogen and oxygen atoms in total. The second kappa shape index (κ2) is 8.52. The van der Waals surface area contributed by atoms with Gasteiger partial charge in [-0.15, -0.1) is 0 Å². The summed E-state index contributed by atoms with van der Waals surface area (Å²) in [6.07, 6.45) is 3.59. The summed E-state index contributed by atoms with van der Waals surface area (Å²) in [5.74, 6) is 0. The Balaban J connectivity index is 3.15. The van der Waals surface area contributed by atoms with Crippen molar-refractivity contribution < 1.29 is 9.47 Å². The Morgan fingerprint density at radius 2 is 1.85 bits per heavy atom. The molecule has 0 bridgehead atoms. The predicted molar refractivity (Wildman–Crippen MR) is 55.7 cm³/mol. The van der Waals surface area contributed by atoms with Gasteiger partial charge >= 0.3 is 0 Å². The summed E-state index contributed by atoms with van der Waals surface area (Å²) < 4.78 is 10.9. The molecule has 79 valence electrons. The highest BCUT2D eigenvalue weighted by Gasteiger charge is 2.02. The van der Waals surface area contributed by atoms with Crippen molar-refractivity contribution in [1.82, 2.24) is 0 Å². The number of ether oxygens (including phenoxy) is 2. The SMILES string of the molecule is [CH2]C(CCOC(C)C)OCCCC. The van der Waals surface area contributed by atoms with Gasteiger partial charge in [0.25, 0.3) is 0 Å². The van der Waals surface area contributed by atoms with Gasteiger partial charge in [-0.05, 0) is 33.6 Å². The summed E-state index contributed by atoms with van der Waals surface area (Å²) >= 11 is 0. The van der Waals surface area contributed by atoms with E-state index in [1.807, 2.05) is 13.8 Å². The largest absolute Gasteiger partial charge is 0.379 e. The smallest absolute Gasteiger partial charge is 0.0598 e. The van der Waals surface area contributed by atoms with Crippen LogP contribution in [0.2, 0.25) is 0 Å². The molecule has 2 heteroatoms. The molecule has 0 aliphatic rings. The van der Waals surface area contributed by atoms with Crippen molar-refractivity contribution >= 4 is 0 Å². The summed E-state index contributed by atoms with van der Waals surface area (Å²) in [5, 5.41) is 0. The van der Waals surface area contributed by atoms with E-state index in [1.165, 1.54) is 6.42 Å². The maximum atomic E-state index is 5.47. The first-order valence-corrected chi connectivity index (χ1v) is 5.23. The maximum absolute atomic E-state index is 5.47. The molecule has 0 saturated heterocycles. The number of hydrogen-bond donors (Lipinski definition) is 0. The van der Waals surface area contributed by atoms with Crippen LogP contribution in [-0.2, 0) is 9.47 Å². The number of hydrogen-bond acceptors (Lipinski definition) is 2. The summed E-state index contributed by atoms with van der Waals surface area (Å²) in [6, 6.07) is 0. The van der Waals surface area contributed by atoms with Crippen LogP contribution in [0.15, 0.2) is 0 Å². The highest BCUT2D eigenvalue weighted by Crippen LogP contribution is 2.00. The van der Waals surface area contributed by atoms with Gasteiger partial charge in [0, 0.05) is 13.2 Å². The standard InChI is InChI=1S/C11H23O2/c1-5-6-8-13-11(4)7-9-12-10(2)3/h10-11H,4-9H2,1-3H3. The first kappa shape index (κ1) is 12.9. The van der Waals surface area contributed by atoms with Crippen LogP contribution in [0.5, 0.6) is 0 Å². The van der Waals surface area contributed by atoms with E-state index in [0.29, 0.717) is 6.10 Å². The highest BCUT2D eigenvalue weighted by atomic mass is 16.5. The lowest BCUT2D eigenvalue weighted by molar-refractivity contribution is 0.0254. The van der Waals surface area contributed by atoms with Crippen LogP contribution in [0.1, 0.15) is 40.0 Å². The van der Waals surface area contributed by atoms with Crippen LogP contribution in [0.4, 0.5) is 0 Å². The number of rotatable bonds is 8. The molecule has 0 aromatic heterocycles. The summed E-state index contributed by atoms with van der Waals surface area (Å²) in [6.45, 7) is 11.7. The Hall–Kier alpha value is -0.0800. The monoisotopic (exact) mass is 187 g/mol. The molecule has 0 rings (SSSR count). The van der Waals surface area contributed by atoms with Crippen molar-refractivity contribution in [2.45, 2.75) is 52.2 Å². The fourth-order valence-corrected chi connectivity index (χ4v) is 0.913. The molecule has 1 unspecified atom stereocenters. The van der Waals surface area contributed by atoms with Crippen LogP contribution < -0.4 is 0 Å². The van der Waals surface area contributed by atoms with Gasteiger partial charge in [-0.3, -0.25) is 0 Å². The molecule has 1 atom stereocenters. The molecule has 1 radical (unpaired) electrons. The second-order valence-electron chi connectivity index (χ2n) is 3.55. The van der Waals surface area contributed by atoms with Crippen LogP contribution in [0, 0.1) is 6.92 Å². The zero-order valence-electron chi connectivity index (χ0n) is 9.21. The molecule has 13 heavy (non-hydrogen) atoms. The zero-order valence-corrected chi connectivity index (χ0v) is 9.21. The Bertz CT molecular complexity index is 102. The van der Waals surface area contributed by atoms with Crippen molar-refractivity contribution in [1.29, 1.82) is 0 Å². The quantitative estimate of drug-likeness (QED) is 0.544. The molecule has 0 aliphatic carbocycles. The Kier molecular flexibility index (Phi) is 8.46. The summed E-state index contributed by atoms with van der Waals surface area (Å²) in [7, 11) is 0. The van der Waals surface area contributed by atoms with Crippen LogP contribution in [0.3, 0.4) is 0 Å². The third kappa shape index (κ3) is 9.84. The molecule has 0 amide bonds. The average molecular weight is 187 g/mol. The lowest BCUT2D eigenvalue weighted by atomic mass is 10.3. The molecule has 0 N–H and O–H groups in total. The molecule has 0 heterocycles. The third-order valence-corrected chi connectivity index (χ3v) is 1.74. The first-order chi connectivity index (χ1) is 6.16.